The van der Waals surface area contributed by atoms with E-state index in [4.69, 9.17) is 9.15 Å². The van der Waals surface area contributed by atoms with Crippen LogP contribution in [0.15, 0.2) is 35.1 Å². The largest absolute Gasteiger partial charge is 0.472 e. The van der Waals surface area contributed by atoms with Gasteiger partial charge in [-0.3, -0.25) is 4.79 Å². The first-order valence-corrected chi connectivity index (χ1v) is 7.12. The Bertz CT molecular complexity index is 625. The van der Waals surface area contributed by atoms with E-state index in [1.165, 1.54) is 12.5 Å². The lowest BCUT2D eigenvalue weighted by Gasteiger charge is -2.16. The molecule has 0 N–H and O–H groups in total. The molecule has 2 aromatic heterocycles. The van der Waals surface area contributed by atoms with Gasteiger partial charge >= 0.3 is 0 Å². The summed E-state index contributed by atoms with van der Waals surface area (Å²) in [7, 11) is 3.81. The van der Waals surface area contributed by atoms with Crippen molar-refractivity contribution in [2.24, 2.45) is 0 Å². The predicted octanol–water partition coefficient (Wildman–Crippen LogP) is 1.43. The van der Waals surface area contributed by atoms with Gasteiger partial charge in [-0.1, -0.05) is 0 Å². The van der Waals surface area contributed by atoms with E-state index in [0.717, 1.165) is 12.2 Å². The number of furan rings is 1. The van der Waals surface area contributed by atoms with Gasteiger partial charge in [0.2, 0.25) is 5.88 Å². The van der Waals surface area contributed by atoms with Crippen molar-refractivity contribution in [2.45, 2.75) is 12.5 Å². The fraction of sp³-hybridized carbons (Fsp3) is 0.400. The van der Waals surface area contributed by atoms with E-state index in [1.54, 1.807) is 17.0 Å². The minimum absolute atomic E-state index is 0.0334. The van der Waals surface area contributed by atoms with Crippen LogP contribution in [-0.2, 0) is 0 Å². The SMILES string of the molecule is CN(C)c1ccc(OC2CCN(C(=O)c3ccoc3)C2)nn1. The molecule has 1 fully saturated rings. The monoisotopic (exact) mass is 302 g/mol. The zero-order valence-corrected chi connectivity index (χ0v) is 12.6. The van der Waals surface area contributed by atoms with Crippen LogP contribution in [0, 0.1) is 0 Å². The minimum Gasteiger partial charge on any atom is -0.472 e. The summed E-state index contributed by atoms with van der Waals surface area (Å²) in [5, 5.41) is 8.12. The molecule has 0 spiro atoms. The standard InChI is InChI=1S/C15H18N4O3/c1-18(2)13-3-4-14(17-16-13)22-12-5-7-19(9-12)15(20)11-6-8-21-10-11/h3-4,6,8,10,12H,5,7,9H2,1-2H3. The second kappa shape index (κ2) is 6.05. The van der Waals surface area contributed by atoms with Gasteiger partial charge in [0.15, 0.2) is 5.82 Å². The summed E-state index contributed by atoms with van der Waals surface area (Å²) in [6.45, 7) is 1.21. The Morgan fingerprint density at radius 1 is 1.36 bits per heavy atom. The number of carbonyl (C=O) groups excluding carboxylic acids is 1. The van der Waals surface area contributed by atoms with Crippen LogP contribution in [-0.4, -0.2) is 54.3 Å². The highest BCUT2D eigenvalue weighted by Crippen LogP contribution is 2.19. The van der Waals surface area contributed by atoms with Gasteiger partial charge in [0.1, 0.15) is 12.4 Å². The maximum absolute atomic E-state index is 12.2. The Morgan fingerprint density at radius 3 is 2.86 bits per heavy atom. The molecule has 1 unspecified atom stereocenters. The zero-order chi connectivity index (χ0) is 15.5. The van der Waals surface area contributed by atoms with E-state index < -0.39 is 0 Å². The molecule has 1 atom stereocenters. The average Bonchev–Trinajstić information content (AvgIpc) is 3.19. The van der Waals surface area contributed by atoms with Crippen LogP contribution in [0.3, 0.4) is 0 Å². The summed E-state index contributed by atoms with van der Waals surface area (Å²) >= 11 is 0. The Balaban J connectivity index is 1.58. The van der Waals surface area contributed by atoms with E-state index in [-0.39, 0.29) is 12.0 Å². The van der Waals surface area contributed by atoms with Crippen LogP contribution in [0.4, 0.5) is 5.82 Å². The number of aromatic nitrogens is 2. The van der Waals surface area contributed by atoms with Crippen LogP contribution in [0.1, 0.15) is 16.8 Å². The molecule has 0 bridgehead atoms. The smallest absolute Gasteiger partial charge is 0.257 e. The lowest BCUT2D eigenvalue weighted by Crippen LogP contribution is -2.30. The molecule has 1 amide bonds. The number of rotatable bonds is 4. The number of hydrogen-bond acceptors (Lipinski definition) is 6. The van der Waals surface area contributed by atoms with Crippen LogP contribution >= 0.6 is 0 Å². The summed E-state index contributed by atoms with van der Waals surface area (Å²) in [6.07, 6.45) is 3.68. The molecule has 0 saturated carbocycles. The highest BCUT2D eigenvalue weighted by Gasteiger charge is 2.29. The number of ether oxygens (including phenoxy) is 1. The van der Waals surface area contributed by atoms with Gasteiger partial charge in [0.25, 0.3) is 5.91 Å². The second-order valence-electron chi connectivity index (χ2n) is 5.42. The lowest BCUT2D eigenvalue weighted by atomic mass is 10.3. The van der Waals surface area contributed by atoms with E-state index in [1.807, 2.05) is 25.1 Å². The number of likely N-dealkylation sites (tertiary alicyclic amines) is 1. The molecule has 3 heterocycles. The van der Waals surface area contributed by atoms with Gasteiger partial charge < -0.3 is 19.0 Å². The summed E-state index contributed by atoms with van der Waals surface area (Å²) in [4.78, 5) is 15.8. The van der Waals surface area contributed by atoms with Crippen molar-refractivity contribution < 1.29 is 13.9 Å². The van der Waals surface area contributed by atoms with Crippen molar-refractivity contribution in [3.05, 3.63) is 36.3 Å². The summed E-state index contributed by atoms with van der Waals surface area (Å²) in [5.74, 6) is 1.22. The van der Waals surface area contributed by atoms with Gasteiger partial charge in [-0.25, -0.2) is 0 Å². The molecule has 1 aliphatic heterocycles. The maximum atomic E-state index is 12.2. The van der Waals surface area contributed by atoms with Gasteiger partial charge in [-0.05, 0) is 12.1 Å². The molecule has 0 aromatic carbocycles. The highest BCUT2D eigenvalue weighted by atomic mass is 16.5. The molecule has 7 heteroatoms. The third-order valence-electron chi connectivity index (χ3n) is 3.57. The fourth-order valence-electron chi connectivity index (χ4n) is 2.36. The van der Waals surface area contributed by atoms with Gasteiger partial charge in [-0.15, -0.1) is 10.2 Å². The molecular weight excluding hydrogens is 284 g/mol. The zero-order valence-electron chi connectivity index (χ0n) is 12.6. The Hall–Kier alpha value is -2.57. The van der Waals surface area contributed by atoms with Gasteiger partial charge in [0, 0.05) is 33.1 Å². The molecule has 2 aromatic rings. The molecule has 1 aliphatic rings. The first-order chi connectivity index (χ1) is 10.6. The third kappa shape index (κ3) is 3.03. The molecular formula is C15H18N4O3. The number of anilines is 1. The van der Waals surface area contributed by atoms with Crippen LogP contribution in [0.25, 0.3) is 0 Å². The molecule has 0 radical (unpaired) electrons. The van der Waals surface area contributed by atoms with Gasteiger partial charge in [0.05, 0.1) is 18.4 Å². The van der Waals surface area contributed by atoms with Crippen molar-refractivity contribution in [3.8, 4) is 5.88 Å². The normalized spacial score (nSPS) is 17.5. The summed E-state index contributed by atoms with van der Waals surface area (Å²) < 4.78 is 10.7. The van der Waals surface area contributed by atoms with Crippen molar-refractivity contribution in [2.75, 3.05) is 32.1 Å². The minimum atomic E-state index is -0.0599. The second-order valence-corrected chi connectivity index (χ2v) is 5.42. The molecule has 22 heavy (non-hydrogen) atoms. The van der Waals surface area contributed by atoms with Crippen molar-refractivity contribution >= 4 is 11.7 Å². The van der Waals surface area contributed by atoms with Crippen LogP contribution < -0.4 is 9.64 Å². The van der Waals surface area contributed by atoms with E-state index >= 15 is 0 Å². The van der Waals surface area contributed by atoms with E-state index in [9.17, 15) is 4.79 Å². The molecule has 116 valence electrons. The Labute approximate surface area is 128 Å². The van der Waals surface area contributed by atoms with Crippen molar-refractivity contribution in [1.29, 1.82) is 0 Å². The van der Waals surface area contributed by atoms with Crippen LogP contribution in [0.5, 0.6) is 5.88 Å². The lowest BCUT2D eigenvalue weighted by molar-refractivity contribution is 0.0770. The van der Waals surface area contributed by atoms with Crippen molar-refractivity contribution in [1.82, 2.24) is 15.1 Å². The van der Waals surface area contributed by atoms with E-state index in [0.29, 0.717) is 24.5 Å². The fourth-order valence-corrected chi connectivity index (χ4v) is 2.36. The average molecular weight is 302 g/mol. The number of amides is 1. The first kappa shape index (κ1) is 14.4. The molecule has 1 saturated heterocycles. The third-order valence-corrected chi connectivity index (χ3v) is 3.57. The Kier molecular flexibility index (Phi) is 3.95. The first-order valence-electron chi connectivity index (χ1n) is 7.12. The molecule has 0 aliphatic carbocycles. The molecule has 3 rings (SSSR count). The number of nitrogens with zero attached hydrogens (tertiary/aromatic N) is 4. The quantitative estimate of drug-likeness (QED) is 0.851. The van der Waals surface area contributed by atoms with Crippen molar-refractivity contribution in [3.63, 3.8) is 0 Å². The maximum Gasteiger partial charge on any atom is 0.257 e. The summed E-state index contributed by atoms with van der Waals surface area (Å²) in [5.41, 5.74) is 0.566. The van der Waals surface area contributed by atoms with E-state index in [2.05, 4.69) is 10.2 Å². The Morgan fingerprint density at radius 2 is 2.23 bits per heavy atom. The molecule has 7 nitrogen and oxygen atoms in total. The number of hydrogen-bond donors (Lipinski definition) is 0. The summed E-state index contributed by atoms with van der Waals surface area (Å²) in [6, 6.07) is 5.32. The highest BCUT2D eigenvalue weighted by molar-refractivity contribution is 5.94. The number of carbonyl (C=O) groups is 1. The van der Waals surface area contributed by atoms with Gasteiger partial charge in [-0.2, -0.15) is 0 Å². The van der Waals surface area contributed by atoms with Crippen LogP contribution in [0.2, 0.25) is 0 Å². The topological polar surface area (TPSA) is 71.7 Å². The predicted molar refractivity (Wildman–Crippen MR) is 80.0 cm³/mol.